The first-order valence-corrected chi connectivity index (χ1v) is 11.7. The summed E-state index contributed by atoms with van der Waals surface area (Å²) in [6.45, 7) is 3.76. The first-order chi connectivity index (χ1) is 16.4. The number of para-hydroxylation sites is 1. The fourth-order valence-corrected chi connectivity index (χ4v) is 4.54. The zero-order chi connectivity index (χ0) is 23.8. The molecular weight excluding hydrogens is 472 g/mol. The summed E-state index contributed by atoms with van der Waals surface area (Å²) in [5.41, 5.74) is 2.26. The Labute approximate surface area is 203 Å². The monoisotopic (exact) mass is 490 g/mol. The van der Waals surface area contributed by atoms with Gasteiger partial charge in [0.15, 0.2) is 5.16 Å². The molecule has 8 nitrogen and oxygen atoms in total. The van der Waals surface area contributed by atoms with E-state index in [2.05, 4.69) is 20.5 Å². The number of aryl methyl sites for hydroxylation is 1. The Kier molecular flexibility index (Phi) is 5.80. The number of halogens is 1. The zero-order valence-corrected chi connectivity index (χ0v) is 19.8. The van der Waals surface area contributed by atoms with Crippen LogP contribution in [0.15, 0.2) is 76.8 Å². The number of nitrogens with zero attached hydrogens (tertiary/aromatic N) is 5. The van der Waals surface area contributed by atoms with Gasteiger partial charge in [-0.15, -0.1) is 10.2 Å². The molecule has 0 aliphatic carbocycles. The minimum Gasteiger partial charge on any atom is -0.310 e. The Balaban J connectivity index is 1.57. The minimum atomic E-state index is -0.511. The molecule has 1 unspecified atom stereocenters. The van der Waals surface area contributed by atoms with Crippen LogP contribution in [0.3, 0.4) is 0 Å². The van der Waals surface area contributed by atoms with Gasteiger partial charge in [-0.1, -0.05) is 53.2 Å². The predicted octanol–water partition coefficient (Wildman–Crippen LogP) is 4.51. The topological polar surface area (TPSA) is 94.2 Å². The van der Waals surface area contributed by atoms with Gasteiger partial charge in [-0.2, -0.15) is 0 Å². The number of aromatic nitrogens is 5. The summed E-state index contributed by atoms with van der Waals surface area (Å²) in [6, 6.07) is 18.2. The first-order valence-electron chi connectivity index (χ1n) is 10.5. The quantitative estimate of drug-likeness (QED) is 0.364. The van der Waals surface area contributed by atoms with Crippen LogP contribution in [0.5, 0.6) is 0 Å². The van der Waals surface area contributed by atoms with Crippen LogP contribution in [0.1, 0.15) is 12.5 Å². The zero-order valence-electron chi connectivity index (χ0n) is 18.3. The number of pyridine rings is 1. The number of carbonyl (C=O) groups is 1. The number of fused-ring (bicyclic) bond motifs is 3. The van der Waals surface area contributed by atoms with E-state index in [4.69, 9.17) is 11.6 Å². The van der Waals surface area contributed by atoms with Crippen molar-refractivity contribution in [1.82, 2.24) is 24.1 Å². The van der Waals surface area contributed by atoms with Crippen LogP contribution in [0.2, 0.25) is 5.02 Å². The molecule has 1 atom stereocenters. The highest BCUT2D eigenvalue weighted by Gasteiger charge is 2.22. The number of nitrogens with one attached hydrogen (secondary N) is 1. The molecule has 3 heterocycles. The van der Waals surface area contributed by atoms with E-state index >= 15 is 0 Å². The van der Waals surface area contributed by atoms with Crippen LogP contribution in [-0.2, 0) is 4.79 Å². The van der Waals surface area contributed by atoms with E-state index in [-0.39, 0.29) is 11.5 Å². The highest BCUT2D eigenvalue weighted by molar-refractivity contribution is 8.00. The number of hydrogen-bond donors (Lipinski definition) is 1. The van der Waals surface area contributed by atoms with Gasteiger partial charge < -0.3 is 5.32 Å². The van der Waals surface area contributed by atoms with E-state index in [1.807, 2.05) is 53.8 Å². The lowest BCUT2D eigenvalue weighted by atomic mass is 10.2. The summed E-state index contributed by atoms with van der Waals surface area (Å²) in [6.07, 6.45) is 1.47. The molecule has 0 fully saturated rings. The summed E-state index contributed by atoms with van der Waals surface area (Å²) < 4.78 is 3.35. The number of amides is 1. The Bertz CT molecular complexity index is 1580. The fourth-order valence-electron chi connectivity index (χ4n) is 3.57. The Morgan fingerprint density at radius 3 is 2.56 bits per heavy atom. The molecule has 0 bridgehead atoms. The maximum atomic E-state index is 13.4. The molecule has 5 rings (SSSR count). The summed E-state index contributed by atoms with van der Waals surface area (Å²) in [7, 11) is 0. The van der Waals surface area contributed by atoms with Crippen molar-refractivity contribution in [2.45, 2.75) is 24.3 Å². The van der Waals surface area contributed by atoms with Crippen molar-refractivity contribution >= 4 is 51.8 Å². The van der Waals surface area contributed by atoms with Crippen molar-refractivity contribution < 1.29 is 4.79 Å². The fraction of sp³-hybridized carbons (Fsp3) is 0.125. The highest BCUT2D eigenvalue weighted by atomic mass is 35.5. The van der Waals surface area contributed by atoms with E-state index in [0.717, 1.165) is 5.56 Å². The number of carbonyl (C=O) groups excluding carboxylic acids is 1. The number of hydrogen-bond acceptors (Lipinski definition) is 6. The number of rotatable bonds is 5. The largest absolute Gasteiger partial charge is 0.310 e. The maximum Gasteiger partial charge on any atom is 0.267 e. The van der Waals surface area contributed by atoms with Gasteiger partial charge in [0.1, 0.15) is 5.82 Å². The van der Waals surface area contributed by atoms with E-state index in [1.165, 1.54) is 18.0 Å². The van der Waals surface area contributed by atoms with E-state index < -0.39 is 5.25 Å². The van der Waals surface area contributed by atoms with Gasteiger partial charge in [0.25, 0.3) is 5.56 Å². The first kappa shape index (κ1) is 22.1. The average molecular weight is 491 g/mol. The van der Waals surface area contributed by atoms with Crippen LogP contribution in [0.4, 0.5) is 5.82 Å². The molecule has 34 heavy (non-hydrogen) atoms. The molecule has 0 spiro atoms. The Morgan fingerprint density at radius 1 is 1.06 bits per heavy atom. The third-order valence-electron chi connectivity index (χ3n) is 5.32. The van der Waals surface area contributed by atoms with Crippen LogP contribution in [-0.4, -0.2) is 35.3 Å². The molecule has 1 amide bonds. The van der Waals surface area contributed by atoms with Gasteiger partial charge in [0.2, 0.25) is 11.7 Å². The molecule has 1 N–H and O–H groups in total. The van der Waals surface area contributed by atoms with Crippen LogP contribution >= 0.6 is 23.4 Å². The number of anilines is 1. The third kappa shape index (κ3) is 4.04. The summed E-state index contributed by atoms with van der Waals surface area (Å²) >= 11 is 7.11. The standard InChI is InChI=1S/C24H19ClN6O2S/c1-14-7-10-17(11-8-14)30-22(33)18-5-3-4-6-19(18)31-23(30)28-29-24(31)34-15(2)21(32)27-20-12-9-16(25)13-26-20/h3-13,15H,1-2H3,(H,26,27,32). The SMILES string of the molecule is Cc1ccc(-n2c(=O)c3ccccc3n3c(SC(C)C(=O)Nc4ccc(Cl)cn4)nnc23)cc1. The van der Waals surface area contributed by atoms with Crippen molar-refractivity contribution in [3.05, 3.63) is 87.8 Å². The Morgan fingerprint density at radius 2 is 1.82 bits per heavy atom. The second kappa shape index (κ2) is 8.92. The van der Waals surface area contributed by atoms with Gasteiger partial charge in [0.05, 0.1) is 26.9 Å². The van der Waals surface area contributed by atoms with Crippen molar-refractivity contribution in [2.24, 2.45) is 0 Å². The lowest BCUT2D eigenvalue weighted by molar-refractivity contribution is -0.115. The lowest BCUT2D eigenvalue weighted by Gasteiger charge is -2.13. The van der Waals surface area contributed by atoms with Gasteiger partial charge >= 0.3 is 0 Å². The van der Waals surface area contributed by atoms with Crippen molar-refractivity contribution in [2.75, 3.05) is 5.32 Å². The number of thioether (sulfide) groups is 1. The highest BCUT2D eigenvalue weighted by Crippen LogP contribution is 2.27. The van der Waals surface area contributed by atoms with Gasteiger partial charge in [-0.05, 0) is 50.2 Å². The molecule has 0 saturated carbocycles. The van der Waals surface area contributed by atoms with Crippen molar-refractivity contribution in [1.29, 1.82) is 0 Å². The normalized spacial score (nSPS) is 12.2. The molecule has 0 aliphatic rings. The molecule has 10 heteroatoms. The van der Waals surface area contributed by atoms with Gasteiger partial charge in [-0.3, -0.25) is 14.0 Å². The second-order valence-electron chi connectivity index (χ2n) is 7.72. The van der Waals surface area contributed by atoms with E-state index in [0.29, 0.717) is 38.4 Å². The molecule has 0 saturated heterocycles. The van der Waals surface area contributed by atoms with Crippen molar-refractivity contribution in [3.8, 4) is 5.69 Å². The molecule has 5 aromatic rings. The van der Waals surface area contributed by atoms with Gasteiger partial charge in [-0.25, -0.2) is 9.55 Å². The van der Waals surface area contributed by atoms with Crippen LogP contribution in [0.25, 0.3) is 22.4 Å². The lowest BCUT2D eigenvalue weighted by Crippen LogP contribution is -2.24. The van der Waals surface area contributed by atoms with Gasteiger partial charge in [0, 0.05) is 6.20 Å². The summed E-state index contributed by atoms with van der Waals surface area (Å²) in [5.74, 6) is 0.543. The molecule has 0 radical (unpaired) electrons. The van der Waals surface area contributed by atoms with Crippen LogP contribution in [0, 0.1) is 6.92 Å². The summed E-state index contributed by atoms with van der Waals surface area (Å²) in [4.78, 5) is 30.3. The molecule has 170 valence electrons. The van der Waals surface area contributed by atoms with Crippen molar-refractivity contribution in [3.63, 3.8) is 0 Å². The molecule has 0 aliphatic heterocycles. The third-order valence-corrected chi connectivity index (χ3v) is 6.58. The minimum absolute atomic E-state index is 0.185. The average Bonchev–Trinajstić information content (AvgIpc) is 3.25. The van der Waals surface area contributed by atoms with E-state index in [1.54, 1.807) is 29.7 Å². The van der Waals surface area contributed by atoms with E-state index in [9.17, 15) is 9.59 Å². The number of benzene rings is 2. The molecule has 2 aromatic carbocycles. The van der Waals surface area contributed by atoms with Crippen LogP contribution < -0.4 is 10.9 Å². The summed E-state index contributed by atoms with van der Waals surface area (Å²) in [5, 5.41) is 12.4. The molecular formula is C24H19ClN6O2S. The second-order valence-corrected chi connectivity index (χ2v) is 9.47. The maximum absolute atomic E-state index is 13.4. The molecule has 3 aromatic heterocycles. The smallest absolute Gasteiger partial charge is 0.267 e. The Hall–Kier alpha value is -3.69. The predicted molar refractivity (Wildman–Crippen MR) is 134 cm³/mol.